The van der Waals surface area contributed by atoms with Crippen LogP contribution in [0.2, 0.25) is 0 Å². The Balaban J connectivity index is 1.98. The molecule has 5 heteroatoms. The molecule has 0 saturated heterocycles. The first-order chi connectivity index (χ1) is 11.0. The van der Waals surface area contributed by atoms with Crippen molar-refractivity contribution in [2.24, 2.45) is 0 Å². The molecule has 0 spiro atoms. The maximum absolute atomic E-state index is 13.0. The van der Waals surface area contributed by atoms with E-state index in [0.29, 0.717) is 17.7 Å². The van der Waals surface area contributed by atoms with Crippen LogP contribution < -0.4 is 9.64 Å². The number of carboxylic acid groups (broad SMARTS) is 1. The molecule has 0 saturated carbocycles. The van der Waals surface area contributed by atoms with Crippen LogP contribution in [0.5, 0.6) is 5.75 Å². The molecule has 122 valence electrons. The van der Waals surface area contributed by atoms with E-state index < -0.39 is 11.9 Å². The Hall–Kier alpha value is -2.56. The molecule has 0 aliphatic rings. The van der Waals surface area contributed by atoms with Gasteiger partial charge in [0.15, 0.2) is 0 Å². The first kappa shape index (κ1) is 16.8. The number of aliphatic carboxylic acids is 1. The van der Waals surface area contributed by atoms with E-state index in [1.165, 1.54) is 24.3 Å². The van der Waals surface area contributed by atoms with Crippen LogP contribution in [0.3, 0.4) is 0 Å². The monoisotopic (exact) mass is 317 g/mol. The lowest BCUT2D eigenvalue weighted by molar-refractivity contribution is -0.139. The summed E-state index contributed by atoms with van der Waals surface area (Å²) in [6, 6.07) is 13.1. The third kappa shape index (κ3) is 4.71. The van der Waals surface area contributed by atoms with E-state index in [2.05, 4.69) is 0 Å². The molecule has 1 atom stereocenters. The van der Waals surface area contributed by atoms with Crippen LogP contribution in [0.25, 0.3) is 0 Å². The summed E-state index contributed by atoms with van der Waals surface area (Å²) in [5, 5.41) is 9.35. The van der Waals surface area contributed by atoms with E-state index in [1.807, 2.05) is 43.3 Å². The summed E-state index contributed by atoms with van der Waals surface area (Å²) in [7, 11) is 3.88. The van der Waals surface area contributed by atoms with Crippen molar-refractivity contribution in [2.75, 3.05) is 25.6 Å². The minimum atomic E-state index is -0.942. The molecule has 2 aromatic carbocycles. The normalized spacial score (nSPS) is 11.8. The molecule has 1 unspecified atom stereocenters. The molecular formula is C18H20FNO3. The van der Waals surface area contributed by atoms with Gasteiger partial charge in [-0.05, 0) is 36.2 Å². The zero-order valence-electron chi connectivity index (χ0n) is 13.2. The molecule has 2 aromatic rings. The first-order valence-corrected chi connectivity index (χ1v) is 7.36. The maximum atomic E-state index is 13.0. The number of carboxylic acids is 1. The summed E-state index contributed by atoms with van der Waals surface area (Å²) < 4.78 is 18.6. The quantitative estimate of drug-likeness (QED) is 0.849. The van der Waals surface area contributed by atoms with Crippen molar-refractivity contribution in [3.05, 3.63) is 59.9 Å². The van der Waals surface area contributed by atoms with E-state index in [1.54, 1.807) is 0 Å². The average molecular weight is 317 g/mol. The van der Waals surface area contributed by atoms with Gasteiger partial charge in [-0.3, -0.25) is 4.79 Å². The SMILES string of the molecule is CN(C)c1cccc(OCCC(C(=O)O)c2ccc(F)cc2)c1. The summed E-state index contributed by atoms with van der Waals surface area (Å²) in [4.78, 5) is 13.4. The van der Waals surface area contributed by atoms with Crippen LogP contribution in [-0.4, -0.2) is 31.8 Å². The van der Waals surface area contributed by atoms with Gasteiger partial charge in [-0.1, -0.05) is 18.2 Å². The molecule has 4 nitrogen and oxygen atoms in total. The van der Waals surface area contributed by atoms with Gasteiger partial charge < -0.3 is 14.7 Å². The van der Waals surface area contributed by atoms with Crippen molar-refractivity contribution in [3.63, 3.8) is 0 Å². The molecule has 0 aliphatic carbocycles. The fourth-order valence-electron chi connectivity index (χ4n) is 2.27. The largest absolute Gasteiger partial charge is 0.493 e. The van der Waals surface area contributed by atoms with E-state index >= 15 is 0 Å². The van der Waals surface area contributed by atoms with Gasteiger partial charge in [0.25, 0.3) is 0 Å². The van der Waals surface area contributed by atoms with E-state index in [-0.39, 0.29) is 12.4 Å². The van der Waals surface area contributed by atoms with Gasteiger partial charge in [0, 0.05) is 25.8 Å². The number of hydrogen-bond donors (Lipinski definition) is 1. The fraction of sp³-hybridized carbons (Fsp3) is 0.278. The number of anilines is 1. The third-order valence-electron chi connectivity index (χ3n) is 3.58. The zero-order chi connectivity index (χ0) is 16.8. The molecule has 23 heavy (non-hydrogen) atoms. The summed E-state index contributed by atoms with van der Waals surface area (Å²) in [6.45, 7) is 0.269. The lowest BCUT2D eigenvalue weighted by Crippen LogP contribution is -2.15. The highest BCUT2D eigenvalue weighted by Gasteiger charge is 2.19. The standard InChI is InChI=1S/C18H20FNO3/c1-20(2)15-4-3-5-16(12-15)23-11-10-17(18(21)22)13-6-8-14(19)9-7-13/h3-9,12,17H,10-11H2,1-2H3,(H,21,22). The number of carbonyl (C=O) groups is 1. The topological polar surface area (TPSA) is 49.8 Å². The average Bonchev–Trinajstić information content (AvgIpc) is 2.52. The Kier molecular flexibility index (Phi) is 5.57. The van der Waals surface area contributed by atoms with Crippen molar-refractivity contribution in [1.29, 1.82) is 0 Å². The molecule has 0 bridgehead atoms. The van der Waals surface area contributed by atoms with Gasteiger partial charge in [0.05, 0.1) is 12.5 Å². The van der Waals surface area contributed by atoms with Crippen LogP contribution in [0.4, 0.5) is 10.1 Å². The molecule has 0 heterocycles. The molecule has 0 radical (unpaired) electrons. The summed E-state index contributed by atoms with van der Waals surface area (Å²) >= 11 is 0. The summed E-state index contributed by atoms with van der Waals surface area (Å²) in [5.74, 6) is -1.34. The predicted molar refractivity (Wildman–Crippen MR) is 87.7 cm³/mol. The highest BCUT2D eigenvalue weighted by molar-refractivity contribution is 5.76. The van der Waals surface area contributed by atoms with Crippen LogP contribution in [0, 0.1) is 5.82 Å². The maximum Gasteiger partial charge on any atom is 0.311 e. The van der Waals surface area contributed by atoms with Crippen molar-refractivity contribution in [2.45, 2.75) is 12.3 Å². The minimum Gasteiger partial charge on any atom is -0.493 e. The number of benzene rings is 2. The highest BCUT2D eigenvalue weighted by atomic mass is 19.1. The van der Waals surface area contributed by atoms with Crippen LogP contribution in [0.1, 0.15) is 17.9 Å². The van der Waals surface area contributed by atoms with Crippen LogP contribution in [-0.2, 0) is 4.79 Å². The van der Waals surface area contributed by atoms with E-state index in [9.17, 15) is 14.3 Å². The van der Waals surface area contributed by atoms with Gasteiger partial charge in [0.2, 0.25) is 0 Å². The fourth-order valence-corrected chi connectivity index (χ4v) is 2.27. The smallest absolute Gasteiger partial charge is 0.311 e. The van der Waals surface area contributed by atoms with Gasteiger partial charge in [-0.2, -0.15) is 0 Å². The van der Waals surface area contributed by atoms with Crippen molar-refractivity contribution >= 4 is 11.7 Å². The van der Waals surface area contributed by atoms with Gasteiger partial charge in [-0.15, -0.1) is 0 Å². The Morgan fingerprint density at radius 2 is 1.91 bits per heavy atom. The molecule has 1 N–H and O–H groups in total. The Bertz CT molecular complexity index is 656. The second kappa shape index (κ2) is 7.63. The minimum absolute atomic E-state index is 0.269. The molecular weight excluding hydrogens is 297 g/mol. The second-order valence-corrected chi connectivity index (χ2v) is 5.47. The zero-order valence-corrected chi connectivity index (χ0v) is 13.2. The van der Waals surface area contributed by atoms with E-state index in [0.717, 1.165) is 5.69 Å². The van der Waals surface area contributed by atoms with Gasteiger partial charge in [0.1, 0.15) is 11.6 Å². The number of rotatable bonds is 7. The van der Waals surface area contributed by atoms with Crippen LogP contribution >= 0.6 is 0 Å². The van der Waals surface area contributed by atoms with Crippen molar-refractivity contribution in [3.8, 4) is 5.75 Å². The molecule has 0 amide bonds. The predicted octanol–water partition coefficient (Wildman–Crippen LogP) is 3.53. The Labute approximate surface area is 135 Å². The van der Waals surface area contributed by atoms with Gasteiger partial charge >= 0.3 is 5.97 Å². The third-order valence-corrected chi connectivity index (χ3v) is 3.58. The number of nitrogens with zero attached hydrogens (tertiary/aromatic N) is 1. The van der Waals surface area contributed by atoms with Crippen molar-refractivity contribution < 1.29 is 19.0 Å². The first-order valence-electron chi connectivity index (χ1n) is 7.36. The lowest BCUT2D eigenvalue weighted by Gasteiger charge is -2.16. The van der Waals surface area contributed by atoms with Crippen LogP contribution in [0.15, 0.2) is 48.5 Å². The molecule has 0 aliphatic heterocycles. The summed E-state index contributed by atoms with van der Waals surface area (Å²) in [6.07, 6.45) is 0.313. The Morgan fingerprint density at radius 3 is 2.52 bits per heavy atom. The molecule has 0 fully saturated rings. The van der Waals surface area contributed by atoms with E-state index in [4.69, 9.17) is 4.74 Å². The number of halogens is 1. The second-order valence-electron chi connectivity index (χ2n) is 5.47. The molecule has 0 aromatic heterocycles. The van der Waals surface area contributed by atoms with Gasteiger partial charge in [-0.25, -0.2) is 4.39 Å². The highest BCUT2D eigenvalue weighted by Crippen LogP contribution is 2.23. The summed E-state index contributed by atoms with van der Waals surface area (Å²) in [5.41, 5.74) is 1.58. The lowest BCUT2D eigenvalue weighted by atomic mass is 9.96. The molecule has 2 rings (SSSR count). The number of ether oxygens (including phenoxy) is 1. The Morgan fingerprint density at radius 1 is 1.22 bits per heavy atom. The number of hydrogen-bond acceptors (Lipinski definition) is 3. The van der Waals surface area contributed by atoms with Crippen molar-refractivity contribution in [1.82, 2.24) is 0 Å².